The Morgan fingerprint density at radius 2 is 1.73 bits per heavy atom. The van der Waals surface area contributed by atoms with Crippen LogP contribution in [0.3, 0.4) is 0 Å². The van der Waals surface area contributed by atoms with Crippen LogP contribution in [-0.4, -0.2) is 110 Å². The van der Waals surface area contributed by atoms with Crippen molar-refractivity contribution in [3.63, 3.8) is 0 Å². The van der Waals surface area contributed by atoms with Crippen LogP contribution in [0.5, 0.6) is 0 Å². The summed E-state index contributed by atoms with van der Waals surface area (Å²) >= 11 is 0. The highest BCUT2D eigenvalue weighted by atomic mass is 19.3. The number of piperidine rings is 2. The molecule has 306 valence electrons. The van der Waals surface area contributed by atoms with Crippen LogP contribution in [0.15, 0.2) is 29.2 Å². The highest BCUT2D eigenvalue weighted by Crippen LogP contribution is 2.38. The van der Waals surface area contributed by atoms with Crippen LogP contribution in [0.1, 0.15) is 89.9 Å². The molecular formula is C38H51F4N9O5. The summed E-state index contributed by atoms with van der Waals surface area (Å²) in [6, 6.07) is 3.68. The van der Waals surface area contributed by atoms with Crippen LogP contribution in [0, 0.1) is 5.92 Å². The number of ether oxygens (including phenoxy) is 1. The van der Waals surface area contributed by atoms with E-state index in [1.165, 1.54) is 20.0 Å². The number of piperazine rings is 1. The van der Waals surface area contributed by atoms with E-state index in [9.17, 15) is 28.0 Å². The maximum Gasteiger partial charge on any atom is 0.412 e. The van der Waals surface area contributed by atoms with Gasteiger partial charge in [0.05, 0.1) is 41.0 Å². The number of hydrogen-bond acceptors (Lipinski definition) is 9. The van der Waals surface area contributed by atoms with Crippen LogP contribution in [0.2, 0.25) is 0 Å². The topological polar surface area (TPSA) is 139 Å². The van der Waals surface area contributed by atoms with Crippen molar-refractivity contribution in [2.75, 3.05) is 56.0 Å². The molecule has 2 N–H and O–H groups in total. The van der Waals surface area contributed by atoms with E-state index in [0.29, 0.717) is 69.6 Å². The molecule has 2 unspecified atom stereocenters. The molecule has 0 radical (unpaired) electrons. The quantitative estimate of drug-likeness (QED) is 0.237. The summed E-state index contributed by atoms with van der Waals surface area (Å²) in [5.41, 5.74) is 0.282. The lowest BCUT2D eigenvalue weighted by Gasteiger charge is -2.47. The van der Waals surface area contributed by atoms with Gasteiger partial charge in [0.25, 0.3) is 12.3 Å². The fraction of sp³-hybridized carbons (Fsp3) is 0.658. The second kappa shape index (κ2) is 15.5. The first kappa shape index (κ1) is 39.8. The van der Waals surface area contributed by atoms with E-state index in [-0.39, 0.29) is 48.6 Å². The highest BCUT2D eigenvalue weighted by Gasteiger charge is 2.48. The molecule has 18 heteroatoms. The third-order valence-electron chi connectivity index (χ3n) is 11.6. The smallest absolute Gasteiger partial charge is 0.412 e. The molecule has 1 aromatic carbocycles. The standard InChI is InChI=1S/C38H51F4N9O5/c1-37(2,3)56-35(54)43-25-21-50(45-31(25)33(39)40)24-10-8-23(9-11-24)20-47-15-14-29(38(41,42)22-47)49-18-16-48(17-19-49)26-6-5-7-27-32(26)46(4)36(55)51(27)28-12-13-30(52)44-34(28)53/h5-7,21,23-24,28-29,33H,8-20,22H2,1-4H3,(H,43,54)(H,44,52,53)/t23-,24-,28?,29?. The molecule has 3 aliphatic heterocycles. The number of aryl methyl sites for hydroxylation is 1. The van der Waals surface area contributed by atoms with E-state index in [1.807, 2.05) is 21.9 Å². The Bertz CT molecular complexity index is 2010. The van der Waals surface area contributed by atoms with Gasteiger partial charge in [-0.1, -0.05) is 6.07 Å². The molecule has 1 aliphatic carbocycles. The van der Waals surface area contributed by atoms with Gasteiger partial charge in [-0.25, -0.2) is 27.2 Å². The Labute approximate surface area is 322 Å². The van der Waals surface area contributed by atoms with E-state index < -0.39 is 47.7 Å². The maximum absolute atomic E-state index is 15.9. The van der Waals surface area contributed by atoms with Gasteiger partial charge in [-0.15, -0.1) is 0 Å². The fourth-order valence-electron chi connectivity index (χ4n) is 9.00. The van der Waals surface area contributed by atoms with E-state index in [2.05, 4.69) is 20.6 Å². The van der Waals surface area contributed by atoms with Crippen molar-refractivity contribution in [1.82, 2.24) is 34.0 Å². The Kier molecular flexibility index (Phi) is 11.0. The maximum atomic E-state index is 15.9. The highest BCUT2D eigenvalue weighted by molar-refractivity contribution is 6.00. The largest absolute Gasteiger partial charge is 0.444 e. The number of alkyl halides is 4. The van der Waals surface area contributed by atoms with E-state index in [1.54, 1.807) is 33.9 Å². The third-order valence-corrected chi connectivity index (χ3v) is 11.6. The zero-order valence-corrected chi connectivity index (χ0v) is 32.3. The molecule has 4 aliphatic rings. The number of hydrogen-bond donors (Lipinski definition) is 2. The normalized spacial score (nSPS) is 25.5. The first-order chi connectivity index (χ1) is 26.5. The Morgan fingerprint density at radius 1 is 1.02 bits per heavy atom. The number of benzene rings is 1. The molecular weight excluding hydrogens is 738 g/mol. The number of likely N-dealkylation sites (tertiary alicyclic amines) is 1. The van der Waals surface area contributed by atoms with Gasteiger partial charge in [0, 0.05) is 58.9 Å². The fourth-order valence-corrected chi connectivity index (χ4v) is 9.00. The minimum Gasteiger partial charge on any atom is -0.444 e. The Hall–Kier alpha value is -4.45. The van der Waals surface area contributed by atoms with Crippen LogP contribution >= 0.6 is 0 Å². The second-order valence-corrected chi connectivity index (χ2v) is 16.7. The molecule has 7 rings (SSSR count). The van der Waals surface area contributed by atoms with Gasteiger partial charge in [-0.2, -0.15) is 5.10 Å². The number of imide groups is 1. The number of rotatable bonds is 8. The number of para-hydroxylation sites is 1. The summed E-state index contributed by atoms with van der Waals surface area (Å²) in [5.74, 6) is -3.59. The van der Waals surface area contributed by atoms with E-state index in [4.69, 9.17) is 4.74 Å². The molecule has 4 fully saturated rings. The predicted octanol–water partition coefficient (Wildman–Crippen LogP) is 5.06. The Morgan fingerprint density at radius 3 is 2.38 bits per heavy atom. The SMILES string of the molecule is Cn1c(=O)n(C2CCC(=O)NC2=O)c2cccc(N3CCN(C4CCN(C[C@H]5CC[C@H](n6cc(NC(=O)OC(C)(C)C)c(C(F)F)n6)CC5)CC4(F)F)CC3)c21. The summed E-state index contributed by atoms with van der Waals surface area (Å²) in [4.78, 5) is 55.9. The minimum atomic E-state index is -2.92. The van der Waals surface area contributed by atoms with Gasteiger partial charge in [-0.05, 0) is 77.3 Å². The molecule has 56 heavy (non-hydrogen) atoms. The zero-order chi connectivity index (χ0) is 40.1. The van der Waals surface area contributed by atoms with Gasteiger partial charge in [0.15, 0.2) is 5.69 Å². The summed E-state index contributed by atoms with van der Waals surface area (Å²) in [6.45, 7) is 7.63. The van der Waals surface area contributed by atoms with Crippen LogP contribution < -0.4 is 21.2 Å². The lowest BCUT2D eigenvalue weighted by atomic mass is 9.85. The average molecular weight is 790 g/mol. The molecule has 3 aromatic rings. The van der Waals surface area contributed by atoms with Crippen LogP contribution in [-0.2, 0) is 21.4 Å². The van der Waals surface area contributed by atoms with Crippen molar-refractivity contribution in [1.29, 1.82) is 0 Å². The Balaban J connectivity index is 0.923. The number of fused-ring (bicyclic) bond motifs is 1. The number of aromatic nitrogens is 4. The molecule has 3 amide bonds. The minimum absolute atomic E-state index is 0.0890. The van der Waals surface area contributed by atoms with Gasteiger partial charge in [-0.3, -0.25) is 43.8 Å². The number of nitrogens with one attached hydrogen (secondary N) is 2. The third kappa shape index (κ3) is 8.17. The van der Waals surface area contributed by atoms with Gasteiger partial charge < -0.3 is 9.64 Å². The van der Waals surface area contributed by atoms with E-state index >= 15 is 8.78 Å². The molecule has 2 atom stereocenters. The monoisotopic (exact) mass is 789 g/mol. The number of carbonyl (C=O) groups is 3. The van der Waals surface area contributed by atoms with Crippen molar-refractivity contribution in [2.45, 2.75) is 102 Å². The molecule has 1 saturated carbocycles. The lowest BCUT2D eigenvalue weighted by Crippen LogP contribution is -2.62. The number of nitrogens with zero attached hydrogens (tertiary/aromatic N) is 7. The zero-order valence-electron chi connectivity index (χ0n) is 32.3. The molecule has 0 spiro atoms. The average Bonchev–Trinajstić information content (AvgIpc) is 3.66. The first-order valence-corrected chi connectivity index (χ1v) is 19.5. The van der Waals surface area contributed by atoms with Gasteiger partial charge in [0.1, 0.15) is 11.6 Å². The number of halogens is 4. The summed E-state index contributed by atoms with van der Waals surface area (Å²) in [5, 5.41) is 8.83. The van der Waals surface area contributed by atoms with Crippen molar-refractivity contribution in [2.24, 2.45) is 13.0 Å². The molecule has 14 nitrogen and oxygen atoms in total. The van der Waals surface area contributed by atoms with Gasteiger partial charge in [0.2, 0.25) is 11.8 Å². The van der Waals surface area contributed by atoms with Crippen molar-refractivity contribution >= 4 is 40.3 Å². The number of carbonyl (C=O) groups excluding carboxylic acids is 3. The second-order valence-electron chi connectivity index (χ2n) is 16.7. The summed E-state index contributed by atoms with van der Waals surface area (Å²) < 4.78 is 69.0. The van der Waals surface area contributed by atoms with Crippen molar-refractivity contribution in [3.05, 3.63) is 40.6 Å². The molecule has 0 bridgehead atoms. The van der Waals surface area contributed by atoms with Crippen molar-refractivity contribution in [3.8, 4) is 0 Å². The number of amides is 3. The van der Waals surface area contributed by atoms with Crippen molar-refractivity contribution < 1.29 is 36.7 Å². The number of anilines is 2. The first-order valence-electron chi connectivity index (χ1n) is 19.5. The predicted molar refractivity (Wildman–Crippen MR) is 200 cm³/mol. The van der Waals surface area contributed by atoms with Crippen LogP contribution in [0.4, 0.5) is 33.7 Å². The lowest BCUT2D eigenvalue weighted by molar-refractivity contribution is -0.135. The summed E-state index contributed by atoms with van der Waals surface area (Å²) in [7, 11) is 1.65. The molecule has 3 saturated heterocycles. The molecule has 5 heterocycles. The summed E-state index contributed by atoms with van der Waals surface area (Å²) in [6.07, 6.45) is 1.20. The number of imidazole rings is 1. The van der Waals surface area contributed by atoms with Gasteiger partial charge >= 0.3 is 11.8 Å². The van der Waals surface area contributed by atoms with E-state index in [0.717, 1.165) is 18.5 Å². The van der Waals surface area contributed by atoms with Crippen LogP contribution in [0.25, 0.3) is 11.0 Å². The molecule has 2 aromatic heterocycles.